The van der Waals surface area contributed by atoms with Crippen LogP contribution in [-0.2, 0) is 33.8 Å². The molecule has 0 aliphatic carbocycles. The van der Waals surface area contributed by atoms with Gasteiger partial charge in [0.25, 0.3) is 0 Å². The first-order valence-corrected chi connectivity index (χ1v) is 15.8. The molecule has 1 aromatic heterocycles. The van der Waals surface area contributed by atoms with Gasteiger partial charge >= 0.3 is 0 Å². The van der Waals surface area contributed by atoms with E-state index in [2.05, 4.69) is 37.3 Å². The van der Waals surface area contributed by atoms with Crippen molar-refractivity contribution in [3.63, 3.8) is 0 Å². The fourth-order valence-electron chi connectivity index (χ4n) is 5.74. The third-order valence-electron chi connectivity index (χ3n) is 8.22. The van der Waals surface area contributed by atoms with Gasteiger partial charge in [-0.3, -0.25) is 0 Å². The second kappa shape index (κ2) is 14.0. The number of rotatable bonds is 10. The van der Waals surface area contributed by atoms with Crippen LogP contribution >= 0.6 is 11.3 Å². The summed E-state index contributed by atoms with van der Waals surface area (Å²) in [6.07, 6.45) is -2.14. The molecule has 1 fully saturated rings. The lowest BCUT2D eigenvalue weighted by Gasteiger charge is -2.44. The van der Waals surface area contributed by atoms with Crippen LogP contribution in [0.2, 0.25) is 0 Å². The smallest absolute Gasteiger partial charge is 0.123 e. The Morgan fingerprint density at radius 2 is 1.41 bits per heavy atom. The summed E-state index contributed by atoms with van der Waals surface area (Å²) in [5.74, 6) is -0.234. The molecule has 6 heteroatoms. The van der Waals surface area contributed by atoms with E-state index in [1.165, 1.54) is 28.1 Å². The zero-order valence-electron chi connectivity index (χ0n) is 24.9. The largest absolute Gasteiger partial charge is 0.387 e. The standard InChI is InChI=1S/C38H37FO4S/c1-25-13-14-30(21-31(25)22-33-19-20-34(44-33)29-15-17-32(39)18-16-29)37-38(42-24-28-11-7-4-8-12-28)35(40)36(26(2)43-37)41-23-27-9-5-3-6-10-27/h3-21,26,35-38,40H,22-24H2,1-2H3. The van der Waals surface area contributed by atoms with E-state index in [0.29, 0.717) is 13.2 Å². The van der Waals surface area contributed by atoms with Crippen LogP contribution in [0.5, 0.6) is 0 Å². The molecule has 4 nitrogen and oxygen atoms in total. The highest BCUT2D eigenvalue weighted by Gasteiger charge is 2.45. The quantitative estimate of drug-likeness (QED) is 0.173. The predicted molar refractivity (Wildman–Crippen MR) is 173 cm³/mol. The molecule has 6 rings (SSSR count). The molecule has 0 radical (unpaired) electrons. The summed E-state index contributed by atoms with van der Waals surface area (Å²) in [5.41, 5.74) is 6.40. The maximum absolute atomic E-state index is 13.4. The number of aliphatic hydroxyl groups excluding tert-OH is 1. The lowest BCUT2D eigenvalue weighted by molar-refractivity contribution is -0.250. The van der Waals surface area contributed by atoms with Gasteiger partial charge in [-0.2, -0.15) is 0 Å². The number of aryl methyl sites for hydroxylation is 1. The Morgan fingerprint density at radius 1 is 0.773 bits per heavy atom. The second-order valence-corrected chi connectivity index (χ2v) is 12.6. The minimum Gasteiger partial charge on any atom is -0.387 e. The fraction of sp³-hybridized carbons (Fsp3) is 0.263. The van der Waals surface area contributed by atoms with E-state index in [0.717, 1.165) is 33.6 Å². The summed E-state index contributed by atoms with van der Waals surface area (Å²) >= 11 is 1.71. The molecule has 5 unspecified atom stereocenters. The highest BCUT2D eigenvalue weighted by Crippen LogP contribution is 2.38. The van der Waals surface area contributed by atoms with Gasteiger partial charge in [-0.25, -0.2) is 4.39 Å². The van der Waals surface area contributed by atoms with Crippen LogP contribution in [0.15, 0.2) is 115 Å². The van der Waals surface area contributed by atoms with Crippen LogP contribution in [0.25, 0.3) is 10.4 Å². The van der Waals surface area contributed by atoms with Gasteiger partial charge < -0.3 is 19.3 Å². The first kappa shape index (κ1) is 30.4. The van der Waals surface area contributed by atoms with E-state index in [1.54, 1.807) is 11.3 Å². The first-order chi connectivity index (χ1) is 21.4. The average molecular weight is 609 g/mol. The molecule has 0 saturated carbocycles. The minimum atomic E-state index is -0.892. The van der Waals surface area contributed by atoms with Crippen LogP contribution in [-0.4, -0.2) is 29.5 Å². The molecule has 1 aliphatic heterocycles. The topological polar surface area (TPSA) is 47.9 Å². The maximum atomic E-state index is 13.4. The second-order valence-electron chi connectivity index (χ2n) is 11.4. The summed E-state index contributed by atoms with van der Waals surface area (Å²) in [5, 5.41) is 11.7. The molecule has 0 spiro atoms. The van der Waals surface area contributed by atoms with E-state index < -0.39 is 24.4 Å². The zero-order chi connectivity index (χ0) is 30.5. The Labute approximate surface area is 262 Å². The van der Waals surface area contributed by atoms with E-state index in [1.807, 2.05) is 79.7 Å². The van der Waals surface area contributed by atoms with E-state index in [-0.39, 0.29) is 11.9 Å². The van der Waals surface area contributed by atoms with Crippen LogP contribution in [0.1, 0.15) is 45.7 Å². The molecular formula is C38H37FO4S. The van der Waals surface area contributed by atoms with Crippen molar-refractivity contribution in [1.29, 1.82) is 0 Å². The fourth-order valence-corrected chi connectivity index (χ4v) is 6.78. The summed E-state index contributed by atoms with van der Waals surface area (Å²) in [4.78, 5) is 2.33. The highest BCUT2D eigenvalue weighted by molar-refractivity contribution is 7.15. The van der Waals surface area contributed by atoms with E-state index in [9.17, 15) is 9.50 Å². The Kier molecular flexibility index (Phi) is 9.65. The number of aliphatic hydroxyl groups is 1. The van der Waals surface area contributed by atoms with Gasteiger partial charge in [-0.15, -0.1) is 11.3 Å². The minimum absolute atomic E-state index is 0.234. The number of halogens is 1. The molecule has 44 heavy (non-hydrogen) atoms. The van der Waals surface area contributed by atoms with Crippen molar-refractivity contribution < 1.29 is 23.7 Å². The third-order valence-corrected chi connectivity index (χ3v) is 9.36. The van der Waals surface area contributed by atoms with Crippen molar-refractivity contribution in [2.45, 2.75) is 64.0 Å². The number of hydrogen-bond donors (Lipinski definition) is 1. The van der Waals surface area contributed by atoms with Crippen molar-refractivity contribution >= 4 is 11.3 Å². The Bertz CT molecular complexity index is 1640. The molecular weight excluding hydrogens is 571 g/mol. The van der Waals surface area contributed by atoms with Crippen molar-refractivity contribution in [2.24, 2.45) is 0 Å². The number of thiophene rings is 1. The summed E-state index contributed by atoms with van der Waals surface area (Å²) in [7, 11) is 0. The lowest BCUT2D eigenvalue weighted by atomic mass is 9.89. The van der Waals surface area contributed by atoms with Gasteiger partial charge in [-0.1, -0.05) is 91.0 Å². The van der Waals surface area contributed by atoms with E-state index in [4.69, 9.17) is 14.2 Å². The Hall–Kier alpha value is -3.65. The van der Waals surface area contributed by atoms with Gasteiger partial charge in [0.15, 0.2) is 0 Å². The van der Waals surface area contributed by atoms with Crippen molar-refractivity contribution in [1.82, 2.24) is 0 Å². The van der Waals surface area contributed by atoms with Gasteiger partial charge in [0.1, 0.15) is 30.2 Å². The Morgan fingerprint density at radius 3 is 2.07 bits per heavy atom. The van der Waals surface area contributed by atoms with Gasteiger partial charge in [0.2, 0.25) is 0 Å². The molecule has 1 saturated heterocycles. The molecule has 1 aliphatic rings. The monoisotopic (exact) mass is 608 g/mol. The van der Waals surface area contributed by atoms with Gasteiger partial charge in [0.05, 0.1) is 19.3 Å². The Balaban J connectivity index is 1.24. The highest BCUT2D eigenvalue weighted by atomic mass is 32.1. The number of benzene rings is 4. The maximum Gasteiger partial charge on any atom is 0.123 e. The molecule has 226 valence electrons. The number of ether oxygens (including phenoxy) is 3. The third kappa shape index (κ3) is 7.17. The van der Waals surface area contributed by atoms with E-state index >= 15 is 0 Å². The first-order valence-electron chi connectivity index (χ1n) is 15.0. The SMILES string of the molecule is Cc1ccc(C2OC(C)C(OCc3ccccc3)C(O)C2OCc2ccccc2)cc1Cc1ccc(-c2ccc(F)cc2)s1. The molecule has 4 aromatic carbocycles. The van der Waals surface area contributed by atoms with Gasteiger partial charge in [0, 0.05) is 16.2 Å². The normalized spacial score (nSPS) is 21.8. The molecule has 5 atom stereocenters. The molecule has 0 amide bonds. The summed E-state index contributed by atoms with van der Waals surface area (Å²) < 4.78 is 32.8. The van der Waals surface area contributed by atoms with Crippen molar-refractivity contribution in [2.75, 3.05) is 0 Å². The molecule has 0 bridgehead atoms. The lowest BCUT2D eigenvalue weighted by Crippen LogP contribution is -2.55. The van der Waals surface area contributed by atoms with Crippen LogP contribution in [0.3, 0.4) is 0 Å². The summed E-state index contributed by atoms with van der Waals surface area (Å²) in [6.45, 7) is 4.80. The van der Waals surface area contributed by atoms with Crippen LogP contribution in [0.4, 0.5) is 4.39 Å². The molecule has 1 N–H and O–H groups in total. The number of hydrogen-bond acceptors (Lipinski definition) is 5. The van der Waals surface area contributed by atoms with Crippen molar-refractivity contribution in [3.8, 4) is 10.4 Å². The van der Waals surface area contributed by atoms with Gasteiger partial charge in [-0.05, 0) is 71.5 Å². The molecule has 5 aromatic rings. The average Bonchev–Trinajstić information content (AvgIpc) is 3.51. The van der Waals surface area contributed by atoms with Crippen LogP contribution in [0, 0.1) is 12.7 Å². The molecule has 2 heterocycles. The van der Waals surface area contributed by atoms with Crippen molar-refractivity contribution in [3.05, 3.63) is 154 Å². The summed E-state index contributed by atoms with van der Waals surface area (Å²) in [6, 6.07) is 37.2. The zero-order valence-corrected chi connectivity index (χ0v) is 25.8. The van der Waals surface area contributed by atoms with Crippen LogP contribution < -0.4 is 0 Å². The predicted octanol–water partition coefficient (Wildman–Crippen LogP) is 8.44.